The van der Waals surface area contributed by atoms with Gasteiger partial charge in [-0.05, 0) is 36.8 Å². The predicted molar refractivity (Wildman–Crippen MR) is 82.4 cm³/mol. The van der Waals surface area contributed by atoms with E-state index in [1.54, 1.807) is 12.1 Å². The molecule has 0 amide bonds. The average molecular weight is 306 g/mol. The average Bonchev–Trinajstić information content (AvgIpc) is 2.87. The van der Waals surface area contributed by atoms with Crippen molar-refractivity contribution in [3.05, 3.63) is 64.4 Å². The number of hydrogen-bond donors (Lipinski definition) is 1. The number of nitrogens with one attached hydrogen (secondary N) is 1. The topological polar surface area (TPSA) is 21.3 Å². The molecule has 0 aromatic heterocycles. The molecule has 21 heavy (non-hydrogen) atoms. The first-order chi connectivity index (χ1) is 10.1. The van der Waals surface area contributed by atoms with Gasteiger partial charge in [-0.3, -0.25) is 0 Å². The zero-order valence-corrected chi connectivity index (χ0v) is 12.5. The quantitative estimate of drug-likeness (QED) is 0.917. The third-order valence-electron chi connectivity index (χ3n) is 3.79. The third kappa shape index (κ3) is 3.20. The van der Waals surface area contributed by atoms with Crippen molar-refractivity contribution < 1.29 is 9.13 Å². The Morgan fingerprint density at radius 3 is 2.95 bits per heavy atom. The molecule has 2 nitrogen and oxygen atoms in total. The molecule has 0 radical (unpaired) electrons. The molecule has 0 spiro atoms. The SMILES string of the molecule is C[C@@H](NCC1Cc2cc(F)ccc2O1)c1ccccc1Cl. The largest absolute Gasteiger partial charge is 0.488 e. The van der Waals surface area contributed by atoms with Crippen LogP contribution in [-0.2, 0) is 6.42 Å². The summed E-state index contributed by atoms with van der Waals surface area (Å²) in [4.78, 5) is 0. The Bertz CT molecular complexity index is 646. The Labute approximate surface area is 128 Å². The van der Waals surface area contributed by atoms with E-state index in [9.17, 15) is 4.39 Å². The highest BCUT2D eigenvalue weighted by molar-refractivity contribution is 6.31. The van der Waals surface area contributed by atoms with Crippen molar-refractivity contribution in [1.82, 2.24) is 5.32 Å². The van der Waals surface area contributed by atoms with E-state index < -0.39 is 0 Å². The van der Waals surface area contributed by atoms with Crippen LogP contribution >= 0.6 is 11.6 Å². The van der Waals surface area contributed by atoms with Crippen LogP contribution in [0.5, 0.6) is 5.75 Å². The van der Waals surface area contributed by atoms with E-state index in [2.05, 4.69) is 12.2 Å². The van der Waals surface area contributed by atoms with Gasteiger partial charge in [-0.15, -0.1) is 0 Å². The Kier molecular flexibility index (Phi) is 4.13. The zero-order valence-electron chi connectivity index (χ0n) is 11.8. The van der Waals surface area contributed by atoms with Gasteiger partial charge in [0.05, 0.1) is 0 Å². The molecule has 1 unspecified atom stereocenters. The molecular weight excluding hydrogens is 289 g/mol. The molecule has 110 valence electrons. The van der Waals surface area contributed by atoms with Gasteiger partial charge in [0.2, 0.25) is 0 Å². The normalized spacial score (nSPS) is 18.1. The van der Waals surface area contributed by atoms with Gasteiger partial charge in [-0.1, -0.05) is 29.8 Å². The van der Waals surface area contributed by atoms with Crippen molar-refractivity contribution in [1.29, 1.82) is 0 Å². The standard InChI is InChI=1S/C17H17ClFNO/c1-11(15-4-2-3-5-16(15)18)20-10-14-9-12-8-13(19)6-7-17(12)21-14/h2-8,11,14,20H,9-10H2,1H3/t11-,14?/m1/s1. The Balaban J connectivity index is 1.59. The minimum atomic E-state index is -0.213. The lowest BCUT2D eigenvalue weighted by Gasteiger charge is -2.18. The fourth-order valence-electron chi connectivity index (χ4n) is 2.65. The first-order valence-corrected chi connectivity index (χ1v) is 7.44. The minimum absolute atomic E-state index is 0.0340. The molecule has 2 atom stereocenters. The van der Waals surface area contributed by atoms with Crippen LogP contribution in [0.15, 0.2) is 42.5 Å². The van der Waals surface area contributed by atoms with Crippen LogP contribution in [0.1, 0.15) is 24.1 Å². The number of ether oxygens (including phenoxy) is 1. The van der Waals surface area contributed by atoms with Crippen molar-refractivity contribution in [2.45, 2.75) is 25.5 Å². The highest BCUT2D eigenvalue weighted by atomic mass is 35.5. The summed E-state index contributed by atoms with van der Waals surface area (Å²) in [5.41, 5.74) is 2.01. The van der Waals surface area contributed by atoms with E-state index in [1.807, 2.05) is 24.3 Å². The van der Waals surface area contributed by atoms with Crippen LogP contribution in [0, 0.1) is 5.82 Å². The van der Waals surface area contributed by atoms with Gasteiger partial charge in [-0.25, -0.2) is 4.39 Å². The highest BCUT2D eigenvalue weighted by Gasteiger charge is 2.23. The maximum atomic E-state index is 13.2. The summed E-state index contributed by atoms with van der Waals surface area (Å²) in [7, 11) is 0. The second kappa shape index (κ2) is 6.04. The minimum Gasteiger partial charge on any atom is -0.488 e. The van der Waals surface area contributed by atoms with Crippen LogP contribution in [0.3, 0.4) is 0 Å². The van der Waals surface area contributed by atoms with E-state index in [0.717, 1.165) is 28.3 Å². The van der Waals surface area contributed by atoms with Gasteiger partial charge in [-0.2, -0.15) is 0 Å². The molecule has 1 N–H and O–H groups in total. The van der Waals surface area contributed by atoms with Gasteiger partial charge in [0.25, 0.3) is 0 Å². The van der Waals surface area contributed by atoms with E-state index >= 15 is 0 Å². The highest BCUT2D eigenvalue weighted by Crippen LogP contribution is 2.29. The predicted octanol–water partition coefficient (Wildman–Crippen LogP) is 4.13. The molecule has 3 rings (SSSR count). The summed E-state index contributed by atoms with van der Waals surface area (Å²) in [5.74, 6) is 0.573. The first-order valence-electron chi connectivity index (χ1n) is 7.06. The van der Waals surface area contributed by atoms with E-state index in [4.69, 9.17) is 16.3 Å². The van der Waals surface area contributed by atoms with E-state index in [-0.39, 0.29) is 18.0 Å². The smallest absolute Gasteiger partial charge is 0.123 e. The van der Waals surface area contributed by atoms with Crippen molar-refractivity contribution in [3.8, 4) is 5.75 Å². The van der Waals surface area contributed by atoms with Crippen LogP contribution in [0.2, 0.25) is 5.02 Å². The van der Waals surface area contributed by atoms with Crippen LogP contribution in [-0.4, -0.2) is 12.6 Å². The molecule has 0 bridgehead atoms. The number of benzene rings is 2. The summed E-state index contributed by atoms with van der Waals surface area (Å²) in [6, 6.07) is 12.6. The Hall–Kier alpha value is -1.58. The van der Waals surface area contributed by atoms with Crippen molar-refractivity contribution >= 4 is 11.6 Å². The van der Waals surface area contributed by atoms with E-state index in [0.29, 0.717) is 6.54 Å². The van der Waals surface area contributed by atoms with Crippen LogP contribution in [0.4, 0.5) is 4.39 Å². The van der Waals surface area contributed by atoms with Crippen molar-refractivity contribution in [2.75, 3.05) is 6.54 Å². The summed E-state index contributed by atoms with van der Waals surface area (Å²) in [6.45, 7) is 2.77. The molecule has 1 aliphatic heterocycles. The van der Waals surface area contributed by atoms with Gasteiger partial charge in [0.1, 0.15) is 17.7 Å². The van der Waals surface area contributed by atoms with Gasteiger partial charge in [0, 0.05) is 29.6 Å². The lowest BCUT2D eigenvalue weighted by molar-refractivity contribution is 0.222. The Morgan fingerprint density at radius 1 is 1.33 bits per heavy atom. The summed E-state index contributed by atoms with van der Waals surface area (Å²) < 4.78 is 19.0. The molecule has 0 fully saturated rings. The monoisotopic (exact) mass is 305 g/mol. The first kappa shape index (κ1) is 14.4. The lowest BCUT2D eigenvalue weighted by atomic mass is 10.1. The summed E-state index contributed by atoms with van der Waals surface area (Å²) in [5, 5.41) is 4.19. The second-order valence-corrected chi connectivity index (χ2v) is 5.75. The number of halogens is 2. The fraction of sp³-hybridized carbons (Fsp3) is 0.294. The van der Waals surface area contributed by atoms with Crippen LogP contribution < -0.4 is 10.1 Å². The Morgan fingerprint density at radius 2 is 2.14 bits per heavy atom. The molecule has 0 saturated carbocycles. The van der Waals surface area contributed by atoms with Crippen molar-refractivity contribution in [2.24, 2.45) is 0 Å². The van der Waals surface area contributed by atoms with Gasteiger partial charge in [0.15, 0.2) is 0 Å². The van der Waals surface area contributed by atoms with E-state index in [1.165, 1.54) is 6.07 Å². The van der Waals surface area contributed by atoms with Gasteiger partial charge < -0.3 is 10.1 Å². The second-order valence-electron chi connectivity index (χ2n) is 5.35. The molecular formula is C17H17ClFNO. The molecule has 2 aromatic carbocycles. The van der Waals surface area contributed by atoms with Gasteiger partial charge >= 0.3 is 0 Å². The molecule has 4 heteroatoms. The maximum absolute atomic E-state index is 13.2. The maximum Gasteiger partial charge on any atom is 0.123 e. The summed E-state index contributed by atoms with van der Waals surface area (Å²) in [6.07, 6.45) is 0.765. The number of fused-ring (bicyclic) bond motifs is 1. The third-order valence-corrected chi connectivity index (χ3v) is 4.13. The molecule has 1 aliphatic rings. The summed E-state index contributed by atoms with van der Waals surface area (Å²) >= 11 is 6.19. The molecule has 0 saturated heterocycles. The van der Waals surface area contributed by atoms with Crippen molar-refractivity contribution in [3.63, 3.8) is 0 Å². The zero-order chi connectivity index (χ0) is 14.8. The molecule has 2 aromatic rings. The molecule has 0 aliphatic carbocycles. The van der Waals surface area contributed by atoms with Crippen LogP contribution in [0.25, 0.3) is 0 Å². The number of rotatable bonds is 4. The lowest BCUT2D eigenvalue weighted by Crippen LogP contribution is -2.32. The fourth-order valence-corrected chi connectivity index (χ4v) is 2.95. The number of hydrogen-bond acceptors (Lipinski definition) is 2. The molecule has 1 heterocycles.